The first-order valence-electron chi connectivity index (χ1n) is 42.9. The van der Waals surface area contributed by atoms with Gasteiger partial charge in [-0.15, -0.1) is 59.6 Å². The van der Waals surface area contributed by atoms with Gasteiger partial charge in [0.05, 0.1) is 69.9 Å². The minimum atomic E-state index is -0.508. The standard InChI is InChI=1S/C40H46N4O8S2.C20H26N4O2S2.C10H12O4.C8H14Cl2N2O2S2.C6H7N.C4H12N2S2.C4H9N.C2H2Cl2O.6ClH/c1-47-33-23-31(24-34(48-2)39(33)51-5)9-7-29-11-17-43(18-12-29)27-37(45)41-15-21-53-54-22-16-42-38(46)28-44-19-13-30(14-20-44)8-10-32-25-35(49-3)40(52-6)36(26-32)50-4;1-17-3-9-23(10-4-17)15-19(25)21-7-13-27-28-14-8-22-20(26)16-24-11-5-18(2)6-12-24;1-12-8-4-7(6-11)5-9(13-2)10(8)14-3;9-5-7(13)11-1-3-15-16-4-2-12-8(14)6-10;1-6-2-4-7-5-3-6;5-1-3-7-8-4-2-6;1-2-4-5-3-1;3-1-2(4)5;;;;;;/h7-14,17-20,23-26H,15-16,21-22,27-28H2,1-6H3;3-6,9-12H,7-8,13-16H2,1-2H3;4-6H,1-3H3;1-6H2,(H,11,13)(H,12,14);2-5H,1H3;1-6H2;5H,1-4H2;1H2;6*1H/b9-7+,10-8+;;;;;;;;;;;;;. The van der Waals surface area contributed by atoms with Gasteiger partial charge in [0.1, 0.15) is 18.0 Å². The van der Waals surface area contributed by atoms with Gasteiger partial charge in [-0.25, -0.2) is 0 Å². The maximum atomic E-state index is 12.5. The summed E-state index contributed by atoms with van der Waals surface area (Å²) < 4.78 is 55.1. The van der Waals surface area contributed by atoms with E-state index in [-0.39, 0.29) is 141 Å². The maximum absolute atomic E-state index is 12.5. The highest BCUT2D eigenvalue weighted by molar-refractivity contribution is 8.77. The molecule has 0 radical (unpaired) electrons. The molecule has 31 nitrogen and oxygen atoms in total. The highest BCUT2D eigenvalue weighted by atomic mass is 35.5. The molecule has 5 aromatic heterocycles. The minimum Gasteiger partial charge on any atom is -1.00 e. The number of nitrogens with one attached hydrogen (secondary N) is 7. The van der Waals surface area contributed by atoms with Gasteiger partial charge >= 0.3 is 0 Å². The number of alkyl halides is 3. The number of amides is 6. The number of carbonyl (C=O) groups excluding carboxylic acids is 8. The largest absolute Gasteiger partial charge is 1.00 e. The molecule has 11 N–H and O–H groups in total. The van der Waals surface area contributed by atoms with Crippen LogP contribution < -0.4 is 159 Å². The summed E-state index contributed by atoms with van der Waals surface area (Å²) in [5.41, 5.74) is 18.4. The van der Waals surface area contributed by atoms with Crippen LogP contribution in [0.3, 0.4) is 0 Å². The number of carbonyl (C=O) groups is 8. The lowest BCUT2D eigenvalue weighted by Crippen LogP contribution is -3.00. The number of hydrogen-bond acceptors (Lipinski definition) is 29. The zero-order valence-electron chi connectivity index (χ0n) is 81.9. The van der Waals surface area contributed by atoms with Crippen molar-refractivity contribution in [1.82, 2.24) is 42.2 Å². The first kappa shape index (κ1) is 144. The Morgan fingerprint density at radius 2 is 0.573 bits per heavy atom. The summed E-state index contributed by atoms with van der Waals surface area (Å²) in [7, 11) is 27.6. The Labute approximate surface area is 931 Å². The molecule has 0 atom stereocenters. The van der Waals surface area contributed by atoms with Crippen molar-refractivity contribution in [3.63, 3.8) is 0 Å². The molecule has 1 aliphatic rings. The summed E-state index contributed by atoms with van der Waals surface area (Å²) in [6.07, 6.45) is 30.1. The number of methoxy groups -OCH3 is 9. The normalized spacial score (nSPS) is 10.3. The Balaban J connectivity index is -0.000000592. The summed E-state index contributed by atoms with van der Waals surface area (Å²) in [6.45, 7) is 14.9. The summed E-state index contributed by atoms with van der Waals surface area (Å²) in [5, 5.41) is 19.8. The van der Waals surface area contributed by atoms with E-state index in [9.17, 15) is 38.4 Å². The number of hydrogen-bond donors (Lipinski definition) is 9. The van der Waals surface area contributed by atoms with E-state index in [2.05, 4.69) is 42.2 Å². The first-order valence-corrected chi connectivity index (χ1v) is 54.8. The van der Waals surface area contributed by atoms with Gasteiger partial charge in [0, 0.05) is 165 Å². The van der Waals surface area contributed by atoms with Gasteiger partial charge in [-0.2, -0.15) is 18.3 Å². The number of nitrogens with two attached hydrogens (primary N) is 2. The summed E-state index contributed by atoms with van der Waals surface area (Å²) >= 11 is 20.1. The number of nitrogens with zero attached hydrogens (tertiary/aromatic N) is 5. The number of ether oxygens (including phenoxy) is 9. The SMILES string of the molecule is C1CCNC1.COc1cc(/C=C/c2cc[n+](CC(=O)NCCSSCCNC(=O)C[n+]3ccc(/C=C/c4cc(OC)c(OC)c(OC)c4)cc3)cc2)cc(OC)c1OC.COc1cc(C=O)cc(OC)c1OC.Cc1cc[n+](CC(=O)NCCSSCCNC(=O)C[n+]2ccc(C)cc2)cc1.Cc1ccncc1.Cl.Cl.NCCSSCCN.O=C(CCl)NCCSSCCNC(=O)CCl.O=C(Cl)CCl.[Cl-].[Cl-].[Cl-].[Cl-]. The Hall–Kier alpha value is -7.17. The fraction of sp³-hybridized carbons (Fsp3) is 0.415. The molecule has 1 aliphatic heterocycles. The smallest absolute Gasteiger partial charge is 0.286 e. The molecular formula is C94H134Cl10N14O17S8. The van der Waals surface area contributed by atoms with Crippen molar-refractivity contribution >= 4 is 229 Å². The zero-order chi connectivity index (χ0) is 101. The topological polar surface area (TPSA) is 384 Å². The third kappa shape index (κ3) is 70.4. The van der Waals surface area contributed by atoms with E-state index in [1.54, 1.807) is 154 Å². The summed E-state index contributed by atoms with van der Waals surface area (Å²) in [4.78, 5) is 94.0. The molecule has 143 heavy (non-hydrogen) atoms. The molecule has 8 aromatic rings. The lowest BCUT2D eigenvalue weighted by atomic mass is 10.1. The van der Waals surface area contributed by atoms with Crippen LogP contribution in [0, 0.1) is 20.8 Å². The van der Waals surface area contributed by atoms with E-state index >= 15 is 0 Å². The maximum Gasteiger partial charge on any atom is 0.286 e. The van der Waals surface area contributed by atoms with Crippen molar-refractivity contribution in [3.8, 4) is 51.7 Å². The molecule has 3 aromatic carbocycles. The van der Waals surface area contributed by atoms with E-state index in [4.69, 9.17) is 101 Å². The predicted octanol–water partition coefficient (Wildman–Crippen LogP) is 0.658. The van der Waals surface area contributed by atoms with Crippen LogP contribution in [-0.4, -0.2) is 245 Å². The lowest BCUT2D eigenvalue weighted by molar-refractivity contribution is -0.684. The van der Waals surface area contributed by atoms with E-state index < -0.39 is 5.24 Å². The van der Waals surface area contributed by atoms with Gasteiger partial charge < -0.3 is 141 Å². The van der Waals surface area contributed by atoms with Crippen LogP contribution >= 0.6 is 158 Å². The Morgan fingerprint density at radius 1 is 0.350 bits per heavy atom. The number of aromatic nitrogens is 5. The van der Waals surface area contributed by atoms with Crippen LogP contribution in [0.5, 0.6) is 51.7 Å². The van der Waals surface area contributed by atoms with Gasteiger partial charge in [0.2, 0.25) is 60.5 Å². The second-order valence-corrected chi connectivity index (χ2v) is 39.9. The molecule has 6 heterocycles. The molecule has 0 unspecified atom stereocenters. The number of pyridine rings is 5. The Kier molecular flexibility index (Phi) is 95.4. The molecule has 0 spiro atoms. The van der Waals surface area contributed by atoms with Crippen molar-refractivity contribution in [2.24, 2.45) is 11.5 Å². The number of benzene rings is 3. The molecule has 800 valence electrons. The van der Waals surface area contributed by atoms with E-state index in [1.165, 1.54) is 64.0 Å². The van der Waals surface area contributed by atoms with Crippen LogP contribution in [-0.2, 0) is 59.7 Å². The second kappa shape index (κ2) is 94.5. The lowest BCUT2D eigenvalue weighted by Gasteiger charge is -2.12. The fourth-order valence-corrected chi connectivity index (χ4v) is 17.9. The molecule has 1 saturated heterocycles. The van der Waals surface area contributed by atoms with Gasteiger partial charge in [-0.05, 0) is 146 Å². The number of aryl methyl sites for hydroxylation is 3. The van der Waals surface area contributed by atoms with Crippen LogP contribution in [0.4, 0.5) is 0 Å². The Morgan fingerprint density at radius 3 is 0.769 bits per heavy atom. The molecule has 9 rings (SSSR count). The van der Waals surface area contributed by atoms with Crippen LogP contribution in [0.15, 0.2) is 159 Å². The van der Waals surface area contributed by atoms with Crippen molar-refractivity contribution < 1.29 is 149 Å². The van der Waals surface area contributed by atoms with Gasteiger partial charge in [-0.3, -0.25) is 43.3 Å². The van der Waals surface area contributed by atoms with Crippen molar-refractivity contribution in [2.75, 3.05) is 193 Å². The van der Waals surface area contributed by atoms with Crippen molar-refractivity contribution in [2.45, 2.75) is 59.8 Å². The zero-order valence-corrected chi connectivity index (χ0v) is 96.1. The van der Waals surface area contributed by atoms with Crippen molar-refractivity contribution in [1.29, 1.82) is 0 Å². The third-order valence-corrected chi connectivity index (χ3v) is 28.0. The quantitative estimate of drug-likeness (QED) is 0.00631. The molecule has 6 amide bonds. The Bertz CT molecular complexity index is 4490. The van der Waals surface area contributed by atoms with E-state index in [1.807, 2.05) is 198 Å². The van der Waals surface area contributed by atoms with Gasteiger partial charge in [-0.1, -0.05) is 111 Å². The highest BCUT2D eigenvalue weighted by Crippen LogP contribution is 2.41. The first-order chi connectivity index (χ1) is 66.4. The van der Waals surface area contributed by atoms with Crippen LogP contribution in [0.1, 0.15) is 62.1 Å². The molecular weight excluding hydrogens is 2210 g/mol. The number of halogens is 10. The fourth-order valence-electron chi connectivity index (χ4n) is 10.6. The molecule has 0 saturated carbocycles. The summed E-state index contributed by atoms with van der Waals surface area (Å²) in [6, 6.07) is 30.4. The molecule has 49 heteroatoms. The third-order valence-electron chi connectivity index (χ3n) is 17.3. The molecule has 0 bridgehead atoms. The monoisotopic (exact) mass is 2340 g/mol. The van der Waals surface area contributed by atoms with E-state index in [0.717, 1.165) is 87.7 Å². The molecule has 1 fully saturated rings. The minimum absolute atomic E-state index is 0. The molecule has 0 aliphatic carbocycles. The number of aldehydes is 1. The van der Waals surface area contributed by atoms with Crippen LogP contribution in [0.2, 0.25) is 0 Å². The van der Waals surface area contributed by atoms with Crippen molar-refractivity contribution in [3.05, 3.63) is 204 Å². The highest BCUT2D eigenvalue weighted by Gasteiger charge is 2.18. The summed E-state index contributed by atoms with van der Waals surface area (Å²) in [5.74, 6) is 11.3. The average molecular weight is 2340 g/mol. The van der Waals surface area contributed by atoms with Gasteiger partial charge in [0.25, 0.3) is 23.6 Å². The average Bonchev–Trinajstić information content (AvgIpc) is 1.19. The second-order valence-electron chi connectivity index (χ2n) is 27.9. The van der Waals surface area contributed by atoms with E-state index in [0.29, 0.717) is 110 Å². The predicted molar refractivity (Wildman–Crippen MR) is 582 cm³/mol. The number of rotatable bonds is 51. The van der Waals surface area contributed by atoms with Crippen LogP contribution in [0.25, 0.3) is 24.3 Å². The van der Waals surface area contributed by atoms with Gasteiger partial charge in [0.15, 0.2) is 84.1 Å².